The van der Waals surface area contributed by atoms with Crippen molar-refractivity contribution in [2.24, 2.45) is 0 Å². The fraction of sp³-hybridized carbons (Fsp3) is 0.286. The molecule has 4 nitrogen and oxygen atoms in total. The van der Waals surface area contributed by atoms with E-state index in [0.29, 0.717) is 5.13 Å². The Morgan fingerprint density at radius 1 is 1.26 bits per heavy atom. The molecule has 0 aliphatic rings. The maximum atomic E-state index is 5.80. The highest BCUT2D eigenvalue weighted by atomic mass is 32.1. The quantitative estimate of drug-likeness (QED) is 0.778. The van der Waals surface area contributed by atoms with E-state index in [1.165, 1.54) is 16.9 Å². The van der Waals surface area contributed by atoms with Gasteiger partial charge in [-0.1, -0.05) is 17.4 Å². The third kappa shape index (κ3) is 1.90. The van der Waals surface area contributed by atoms with Gasteiger partial charge in [0.2, 0.25) is 0 Å². The number of benzene rings is 1. The smallest absolute Gasteiger partial charge is 0.180 e. The van der Waals surface area contributed by atoms with Crippen LogP contribution in [0.2, 0.25) is 0 Å². The summed E-state index contributed by atoms with van der Waals surface area (Å²) in [5, 5.41) is 0.596. The van der Waals surface area contributed by atoms with Crippen LogP contribution in [0, 0.1) is 13.8 Å². The molecule has 0 aliphatic heterocycles. The topological polar surface area (TPSA) is 56.7 Å². The second-order valence-electron chi connectivity index (χ2n) is 4.64. The van der Waals surface area contributed by atoms with Crippen molar-refractivity contribution < 1.29 is 0 Å². The Hall–Kier alpha value is -1.88. The van der Waals surface area contributed by atoms with E-state index in [2.05, 4.69) is 41.6 Å². The largest absolute Gasteiger partial charge is 0.375 e. The van der Waals surface area contributed by atoms with Crippen molar-refractivity contribution in [1.82, 2.24) is 14.5 Å². The summed E-state index contributed by atoms with van der Waals surface area (Å²) in [6, 6.07) is 6.36. The second-order valence-corrected chi connectivity index (χ2v) is 5.67. The van der Waals surface area contributed by atoms with Crippen LogP contribution in [-0.4, -0.2) is 14.5 Å². The first-order valence-electron chi connectivity index (χ1n) is 6.30. The van der Waals surface area contributed by atoms with Gasteiger partial charge in [-0.05, 0) is 38.5 Å². The van der Waals surface area contributed by atoms with E-state index in [1.807, 2.05) is 6.92 Å². The number of imidazole rings is 1. The van der Waals surface area contributed by atoms with Gasteiger partial charge in [0.15, 0.2) is 11.0 Å². The van der Waals surface area contributed by atoms with Crippen LogP contribution in [0.3, 0.4) is 0 Å². The number of anilines is 1. The van der Waals surface area contributed by atoms with E-state index in [0.717, 1.165) is 34.0 Å². The Morgan fingerprint density at radius 3 is 2.68 bits per heavy atom. The van der Waals surface area contributed by atoms with Crippen LogP contribution in [0.15, 0.2) is 18.2 Å². The van der Waals surface area contributed by atoms with Crippen molar-refractivity contribution in [1.29, 1.82) is 0 Å². The number of thiazole rings is 1. The van der Waals surface area contributed by atoms with Gasteiger partial charge in [-0.15, -0.1) is 0 Å². The fourth-order valence-electron chi connectivity index (χ4n) is 2.36. The molecule has 0 atom stereocenters. The van der Waals surface area contributed by atoms with Gasteiger partial charge in [0.05, 0.1) is 21.6 Å². The van der Waals surface area contributed by atoms with Gasteiger partial charge in [-0.25, -0.2) is 9.97 Å². The lowest BCUT2D eigenvalue weighted by molar-refractivity contribution is 0.797. The SMILES string of the molecule is CCn1c(-c2sc(N)nc2C)nc2cc(C)ccc21. The van der Waals surface area contributed by atoms with Crippen LogP contribution in [-0.2, 0) is 6.54 Å². The molecule has 0 unspecified atom stereocenters. The average Bonchev–Trinajstić information content (AvgIpc) is 2.88. The molecule has 2 aromatic heterocycles. The summed E-state index contributed by atoms with van der Waals surface area (Å²) in [7, 11) is 0. The predicted molar refractivity (Wildman–Crippen MR) is 80.4 cm³/mol. The minimum atomic E-state index is 0.596. The van der Waals surface area contributed by atoms with Gasteiger partial charge in [0.1, 0.15) is 0 Å². The molecule has 0 saturated heterocycles. The Kier molecular flexibility index (Phi) is 2.78. The van der Waals surface area contributed by atoms with Gasteiger partial charge < -0.3 is 10.3 Å². The number of nitrogens with zero attached hydrogens (tertiary/aromatic N) is 3. The highest BCUT2D eigenvalue weighted by Crippen LogP contribution is 2.33. The Balaban J connectivity index is 2.31. The third-order valence-corrected chi connectivity index (χ3v) is 4.22. The molecule has 0 fully saturated rings. The van der Waals surface area contributed by atoms with Crippen LogP contribution in [0.25, 0.3) is 21.7 Å². The number of aryl methyl sites for hydroxylation is 3. The van der Waals surface area contributed by atoms with Crippen molar-refractivity contribution >= 4 is 27.5 Å². The lowest BCUT2D eigenvalue weighted by Crippen LogP contribution is -1.97. The van der Waals surface area contributed by atoms with Crippen LogP contribution >= 0.6 is 11.3 Å². The predicted octanol–water partition coefficient (Wildman–Crippen LogP) is 3.38. The van der Waals surface area contributed by atoms with Crippen molar-refractivity contribution in [3.05, 3.63) is 29.5 Å². The summed E-state index contributed by atoms with van der Waals surface area (Å²) >= 11 is 1.50. The summed E-state index contributed by atoms with van der Waals surface area (Å²) < 4.78 is 2.22. The van der Waals surface area contributed by atoms with Crippen LogP contribution in [0.5, 0.6) is 0 Å². The molecule has 2 N–H and O–H groups in total. The van der Waals surface area contributed by atoms with Gasteiger partial charge in [-0.2, -0.15) is 0 Å². The highest BCUT2D eigenvalue weighted by molar-refractivity contribution is 7.18. The third-order valence-electron chi connectivity index (χ3n) is 3.24. The standard InChI is InChI=1S/C14H16N4S/c1-4-18-11-6-5-8(2)7-10(11)17-13(18)12-9(3)16-14(15)19-12/h5-7H,4H2,1-3H3,(H2,15,16). The van der Waals surface area contributed by atoms with Gasteiger partial charge >= 0.3 is 0 Å². The molecular weight excluding hydrogens is 256 g/mol. The normalized spacial score (nSPS) is 11.3. The summed E-state index contributed by atoms with van der Waals surface area (Å²) in [4.78, 5) is 10.1. The molecule has 0 amide bonds. The molecule has 0 spiro atoms. The molecule has 0 saturated carbocycles. The van der Waals surface area contributed by atoms with Gasteiger partial charge in [0.25, 0.3) is 0 Å². The monoisotopic (exact) mass is 272 g/mol. The number of hydrogen-bond donors (Lipinski definition) is 1. The molecule has 19 heavy (non-hydrogen) atoms. The van der Waals surface area contributed by atoms with Crippen molar-refractivity contribution in [3.63, 3.8) is 0 Å². The number of aromatic nitrogens is 3. The molecule has 1 aromatic carbocycles. The zero-order chi connectivity index (χ0) is 13.6. The lowest BCUT2D eigenvalue weighted by Gasteiger charge is -2.04. The first-order chi connectivity index (χ1) is 9.10. The summed E-state index contributed by atoms with van der Waals surface area (Å²) in [5.41, 5.74) is 10.2. The molecule has 0 radical (unpaired) electrons. The molecule has 0 aliphatic carbocycles. The number of fused-ring (bicyclic) bond motifs is 1. The highest BCUT2D eigenvalue weighted by Gasteiger charge is 2.16. The minimum absolute atomic E-state index is 0.596. The number of nitrogen functional groups attached to an aromatic ring is 1. The zero-order valence-electron chi connectivity index (χ0n) is 11.3. The number of hydrogen-bond acceptors (Lipinski definition) is 4. The van der Waals surface area contributed by atoms with Gasteiger partial charge in [-0.3, -0.25) is 0 Å². The second kappa shape index (κ2) is 4.35. The first-order valence-corrected chi connectivity index (χ1v) is 7.12. The molecule has 3 rings (SSSR count). The van der Waals surface area contributed by atoms with Crippen LogP contribution in [0.1, 0.15) is 18.2 Å². The van der Waals surface area contributed by atoms with E-state index in [4.69, 9.17) is 10.7 Å². The minimum Gasteiger partial charge on any atom is -0.375 e. The van der Waals surface area contributed by atoms with Crippen molar-refractivity contribution in [3.8, 4) is 10.7 Å². The van der Waals surface area contributed by atoms with E-state index >= 15 is 0 Å². The summed E-state index contributed by atoms with van der Waals surface area (Å²) in [6.07, 6.45) is 0. The Morgan fingerprint density at radius 2 is 2.05 bits per heavy atom. The molecule has 3 aromatic rings. The molecule has 98 valence electrons. The molecule has 5 heteroatoms. The number of nitrogens with two attached hydrogens (primary N) is 1. The van der Waals surface area contributed by atoms with Crippen LogP contribution < -0.4 is 5.73 Å². The molecule has 0 bridgehead atoms. The fourth-order valence-corrected chi connectivity index (χ4v) is 3.19. The lowest BCUT2D eigenvalue weighted by atomic mass is 10.2. The van der Waals surface area contributed by atoms with E-state index in [1.54, 1.807) is 0 Å². The Bertz CT molecular complexity index is 754. The Labute approximate surface area is 115 Å². The van der Waals surface area contributed by atoms with Crippen molar-refractivity contribution in [2.75, 3.05) is 5.73 Å². The zero-order valence-corrected chi connectivity index (χ0v) is 12.1. The maximum Gasteiger partial charge on any atom is 0.180 e. The molecule has 2 heterocycles. The van der Waals surface area contributed by atoms with E-state index < -0.39 is 0 Å². The number of rotatable bonds is 2. The first kappa shape index (κ1) is 12.2. The van der Waals surface area contributed by atoms with E-state index in [-0.39, 0.29) is 0 Å². The van der Waals surface area contributed by atoms with Crippen LogP contribution in [0.4, 0.5) is 5.13 Å². The van der Waals surface area contributed by atoms with E-state index in [9.17, 15) is 0 Å². The summed E-state index contributed by atoms with van der Waals surface area (Å²) in [6.45, 7) is 7.07. The van der Waals surface area contributed by atoms with Gasteiger partial charge in [0, 0.05) is 6.54 Å². The summed E-state index contributed by atoms with van der Waals surface area (Å²) in [5.74, 6) is 0.967. The maximum absolute atomic E-state index is 5.80. The average molecular weight is 272 g/mol. The molecular formula is C14H16N4S. The van der Waals surface area contributed by atoms with Crippen molar-refractivity contribution in [2.45, 2.75) is 27.3 Å².